The van der Waals surface area contributed by atoms with Crippen LogP contribution in [0, 0.1) is 12.8 Å². The van der Waals surface area contributed by atoms with Crippen molar-refractivity contribution >= 4 is 12.0 Å². The normalized spacial score (nSPS) is 11.9. The molecule has 0 saturated carbocycles. The molecule has 2 N–H and O–H groups in total. The summed E-state index contributed by atoms with van der Waals surface area (Å²) in [5, 5.41) is 5.51. The van der Waals surface area contributed by atoms with E-state index in [-0.39, 0.29) is 18.4 Å². The number of ether oxygens (including phenoxy) is 1. The number of hydrogen-bond acceptors (Lipinski definition) is 4. The van der Waals surface area contributed by atoms with Crippen molar-refractivity contribution in [3.8, 4) is 0 Å². The van der Waals surface area contributed by atoms with E-state index >= 15 is 0 Å². The van der Waals surface area contributed by atoms with E-state index < -0.39 is 12.1 Å². The highest BCUT2D eigenvalue weighted by atomic mass is 16.5. The van der Waals surface area contributed by atoms with E-state index in [0.717, 1.165) is 23.5 Å². The first-order valence-corrected chi connectivity index (χ1v) is 9.17. The van der Waals surface area contributed by atoms with Gasteiger partial charge in [0.25, 0.3) is 0 Å². The van der Waals surface area contributed by atoms with Crippen molar-refractivity contribution in [1.82, 2.24) is 20.2 Å². The zero-order valence-electron chi connectivity index (χ0n) is 16.4. The Morgan fingerprint density at radius 3 is 2.63 bits per heavy atom. The Hall–Kier alpha value is -2.83. The number of nitrogens with zero attached hydrogens (tertiary/aromatic N) is 2. The molecule has 0 bridgehead atoms. The van der Waals surface area contributed by atoms with Gasteiger partial charge >= 0.3 is 6.09 Å². The van der Waals surface area contributed by atoms with Crippen LogP contribution in [-0.4, -0.2) is 34.2 Å². The number of alkyl carbamates (subject to hydrolysis) is 1. The highest BCUT2D eigenvalue weighted by molar-refractivity contribution is 5.85. The molecule has 146 valence electrons. The third kappa shape index (κ3) is 6.13. The summed E-state index contributed by atoms with van der Waals surface area (Å²) in [5.74, 6) is 0.678. The molecule has 0 aliphatic rings. The summed E-state index contributed by atoms with van der Waals surface area (Å²) < 4.78 is 6.94. The van der Waals surface area contributed by atoms with Crippen LogP contribution in [0.2, 0.25) is 0 Å². The quantitative estimate of drug-likeness (QED) is 0.746. The first-order valence-electron chi connectivity index (χ1n) is 9.17. The van der Waals surface area contributed by atoms with E-state index in [1.807, 2.05) is 45.2 Å². The van der Waals surface area contributed by atoms with Gasteiger partial charge in [0, 0.05) is 25.5 Å². The van der Waals surface area contributed by atoms with E-state index in [1.165, 1.54) is 0 Å². The second-order valence-corrected chi connectivity index (χ2v) is 6.73. The predicted molar refractivity (Wildman–Crippen MR) is 103 cm³/mol. The molecule has 27 heavy (non-hydrogen) atoms. The molecule has 1 unspecified atom stereocenters. The fraction of sp³-hybridized carbons (Fsp3) is 0.450. The van der Waals surface area contributed by atoms with E-state index in [0.29, 0.717) is 6.54 Å². The number of carbonyl (C=O) groups excluding carboxylic acids is 2. The lowest BCUT2D eigenvalue weighted by Crippen LogP contribution is -2.49. The Balaban J connectivity index is 1.96. The van der Waals surface area contributed by atoms with Crippen molar-refractivity contribution in [3.05, 3.63) is 53.6 Å². The molecule has 1 atom stereocenters. The largest absolute Gasteiger partial charge is 0.450 e. The van der Waals surface area contributed by atoms with Crippen LogP contribution in [0.3, 0.4) is 0 Å². The van der Waals surface area contributed by atoms with Crippen molar-refractivity contribution in [2.24, 2.45) is 5.92 Å². The van der Waals surface area contributed by atoms with E-state index in [2.05, 4.69) is 26.3 Å². The molecule has 0 aliphatic carbocycles. The Morgan fingerprint density at radius 1 is 1.26 bits per heavy atom. The van der Waals surface area contributed by atoms with Gasteiger partial charge < -0.3 is 19.9 Å². The maximum atomic E-state index is 12.5. The van der Waals surface area contributed by atoms with Gasteiger partial charge in [-0.2, -0.15) is 0 Å². The molecule has 0 aliphatic heterocycles. The number of benzene rings is 1. The maximum absolute atomic E-state index is 12.5. The minimum absolute atomic E-state index is 0.0510. The highest BCUT2D eigenvalue weighted by Crippen LogP contribution is 2.09. The summed E-state index contributed by atoms with van der Waals surface area (Å²) in [6.07, 6.45) is 3.14. The van der Waals surface area contributed by atoms with Gasteiger partial charge in [-0.3, -0.25) is 4.79 Å². The zero-order valence-corrected chi connectivity index (χ0v) is 16.4. The lowest BCUT2D eigenvalue weighted by atomic mass is 10.0. The first-order chi connectivity index (χ1) is 12.9. The van der Waals surface area contributed by atoms with Crippen LogP contribution in [0.25, 0.3) is 0 Å². The third-order valence-corrected chi connectivity index (χ3v) is 4.23. The zero-order chi connectivity index (χ0) is 19.8. The van der Waals surface area contributed by atoms with E-state index in [9.17, 15) is 9.59 Å². The fourth-order valence-electron chi connectivity index (χ4n) is 2.74. The van der Waals surface area contributed by atoms with Crippen LogP contribution in [0.4, 0.5) is 4.79 Å². The number of imidazole rings is 1. The number of aromatic nitrogens is 2. The van der Waals surface area contributed by atoms with Gasteiger partial charge in [0.2, 0.25) is 5.91 Å². The van der Waals surface area contributed by atoms with Crippen LogP contribution in [0.1, 0.15) is 37.7 Å². The average Bonchev–Trinajstić information content (AvgIpc) is 3.02. The second-order valence-electron chi connectivity index (χ2n) is 6.73. The molecule has 2 amide bonds. The van der Waals surface area contributed by atoms with E-state index in [1.54, 1.807) is 13.1 Å². The molecule has 0 radical (unpaired) electrons. The Bertz CT molecular complexity index is 770. The Morgan fingerprint density at radius 2 is 2.00 bits per heavy atom. The number of nitrogens with one attached hydrogen (secondary N) is 2. The van der Waals surface area contributed by atoms with Gasteiger partial charge in [-0.25, -0.2) is 9.78 Å². The van der Waals surface area contributed by atoms with Crippen molar-refractivity contribution in [1.29, 1.82) is 0 Å². The Kier molecular flexibility index (Phi) is 7.40. The molecule has 0 fully saturated rings. The molecule has 0 spiro atoms. The van der Waals surface area contributed by atoms with Crippen LogP contribution < -0.4 is 10.6 Å². The van der Waals surface area contributed by atoms with Gasteiger partial charge in [-0.1, -0.05) is 38.1 Å². The summed E-state index contributed by atoms with van der Waals surface area (Å²) in [4.78, 5) is 28.4. The lowest BCUT2D eigenvalue weighted by molar-refractivity contribution is -0.124. The number of aryl methyl sites for hydroxylation is 1. The molecule has 1 heterocycles. The van der Waals surface area contributed by atoms with Gasteiger partial charge in [-0.05, 0) is 30.9 Å². The van der Waals surface area contributed by atoms with Gasteiger partial charge in [-0.15, -0.1) is 0 Å². The molecular weight excluding hydrogens is 344 g/mol. The molecule has 7 nitrogen and oxygen atoms in total. The highest BCUT2D eigenvalue weighted by Gasteiger charge is 2.24. The topological polar surface area (TPSA) is 85.2 Å². The van der Waals surface area contributed by atoms with Crippen molar-refractivity contribution < 1.29 is 14.3 Å². The lowest BCUT2D eigenvalue weighted by Gasteiger charge is -2.21. The Labute approximate surface area is 160 Å². The van der Waals surface area contributed by atoms with Gasteiger partial charge in [0.15, 0.2) is 0 Å². The monoisotopic (exact) mass is 372 g/mol. The minimum atomic E-state index is -0.638. The average molecular weight is 372 g/mol. The maximum Gasteiger partial charge on any atom is 0.407 e. The number of hydrogen-bond donors (Lipinski definition) is 2. The smallest absolute Gasteiger partial charge is 0.407 e. The second kappa shape index (κ2) is 9.75. The molecule has 1 aromatic carbocycles. The van der Waals surface area contributed by atoms with Crippen LogP contribution in [0.5, 0.6) is 0 Å². The number of carbonyl (C=O) groups is 2. The van der Waals surface area contributed by atoms with E-state index in [4.69, 9.17) is 4.74 Å². The van der Waals surface area contributed by atoms with Crippen LogP contribution in [0.15, 0.2) is 36.7 Å². The molecule has 7 heteroatoms. The predicted octanol–water partition coefficient (Wildman–Crippen LogP) is 2.63. The summed E-state index contributed by atoms with van der Waals surface area (Å²) in [7, 11) is 0. The minimum Gasteiger partial charge on any atom is -0.450 e. The van der Waals surface area contributed by atoms with Gasteiger partial charge in [0.05, 0.1) is 6.61 Å². The summed E-state index contributed by atoms with van der Waals surface area (Å²) in [5.41, 5.74) is 2.13. The summed E-state index contributed by atoms with van der Waals surface area (Å²) >= 11 is 0. The van der Waals surface area contributed by atoms with Crippen molar-refractivity contribution in [2.75, 3.05) is 6.61 Å². The first kappa shape index (κ1) is 20.5. The number of rotatable bonds is 8. The molecule has 1 aromatic heterocycles. The standard InChI is InChI=1S/C20H28N4O3/c1-5-27-20(26)23-18(14(2)3)19(25)22-12-16-7-6-8-17(11-16)13-24-10-9-21-15(24)4/h6-11,14,18H,5,12-13H2,1-4H3,(H,22,25)(H,23,26). The third-order valence-electron chi connectivity index (χ3n) is 4.23. The number of amides is 2. The summed E-state index contributed by atoms with van der Waals surface area (Å²) in [6, 6.07) is 7.40. The van der Waals surface area contributed by atoms with Crippen LogP contribution >= 0.6 is 0 Å². The van der Waals surface area contributed by atoms with Crippen LogP contribution in [-0.2, 0) is 22.6 Å². The van der Waals surface area contributed by atoms with Crippen molar-refractivity contribution in [3.63, 3.8) is 0 Å². The summed E-state index contributed by atoms with van der Waals surface area (Å²) in [6.45, 7) is 8.83. The van der Waals surface area contributed by atoms with Crippen molar-refractivity contribution in [2.45, 2.75) is 46.8 Å². The molecule has 2 rings (SSSR count). The van der Waals surface area contributed by atoms with Gasteiger partial charge in [0.1, 0.15) is 11.9 Å². The fourth-order valence-corrected chi connectivity index (χ4v) is 2.74. The SMILES string of the molecule is CCOC(=O)NC(C(=O)NCc1cccc(Cn2ccnc2C)c1)C(C)C. The molecular formula is C20H28N4O3. The molecule has 2 aromatic rings. The molecule has 0 saturated heterocycles.